The Balaban J connectivity index is 1.76. The van der Waals surface area contributed by atoms with Gasteiger partial charge < -0.3 is 15.2 Å². The molecule has 2 N–H and O–H groups in total. The highest BCUT2D eigenvalue weighted by Gasteiger charge is 2.02. The van der Waals surface area contributed by atoms with E-state index in [1.807, 2.05) is 30.3 Å². The van der Waals surface area contributed by atoms with Gasteiger partial charge in [0.25, 0.3) is 0 Å². The van der Waals surface area contributed by atoms with E-state index in [1.165, 1.54) is 5.56 Å². The molecule has 2 rings (SSSR count). The highest BCUT2D eigenvalue weighted by molar-refractivity contribution is 5.43. The predicted octanol–water partition coefficient (Wildman–Crippen LogP) is 4.24. The molecule has 0 aromatic heterocycles. The smallest absolute Gasteiger partial charge is 0.122 e. The molecule has 112 valence electrons. The van der Waals surface area contributed by atoms with Gasteiger partial charge in [-0.2, -0.15) is 0 Å². The first-order valence-electron chi connectivity index (χ1n) is 7.40. The third kappa shape index (κ3) is 4.71. The number of ether oxygens (including phenoxy) is 2. The fourth-order valence-electron chi connectivity index (χ4n) is 2.05. The van der Waals surface area contributed by atoms with Crippen molar-refractivity contribution in [3.63, 3.8) is 0 Å². The van der Waals surface area contributed by atoms with Crippen LogP contribution in [0.2, 0.25) is 0 Å². The van der Waals surface area contributed by atoms with Gasteiger partial charge in [0, 0.05) is 11.8 Å². The third-order valence-corrected chi connectivity index (χ3v) is 3.54. The molecule has 1 unspecified atom stereocenters. The van der Waals surface area contributed by atoms with Crippen LogP contribution in [0.15, 0.2) is 48.5 Å². The maximum absolute atomic E-state index is 5.69. The molecular formula is C18H23NO2. The van der Waals surface area contributed by atoms with Gasteiger partial charge in [-0.3, -0.25) is 0 Å². The van der Waals surface area contributed by atoms with Crippen molar-refractivity contribution in [2.45, 2.75) is 26.2 Å². The largest absolute Gasteiger partial charge is 0.490 e. The standard InChI is InChI=1S/C18H23NO2/c1-3-14(2)15-7-9-17(10-8-15)20-11-12-21-18-6-4-5-16(19)13-18/h4-10,13-14H,3,11-12,19H2,1-2H3. The Kier molecular flexibility index (Phi) is 5.50. The van der Waals surface area contributed by atoms with Crippen LogP contribution in [0.25, 0.3) is 0 Å². The van der Waals surface area contributed by atoms with Crippen molar-refractivity contribution in [3.8, 4) is 11.5 Å². The second kappa shape index (κ2) is 7.58. The van der Waals surface area contributed by atoms with Crippen LogP contribution in [0.4, 0.5) is 5.69 Å². The summed E-state index contributed by atoms with van der Waals surface area (Å²) in [5.41, 5.74) is 7.74. The van der Waals surface area contributed by atoms with Gasteiger partial charge in [0.15, 0.2) is 0 Å². The van der Waals surface area contributed by atoms with Crippen molar-refractivity contribution in [2.24, 2.45) is 0 Å². The molecule has 1 atom stereocenters. The summed E-state index contributed by atoms with van der Waals surface area (Å²) < 4.78 is 11.3. The number of hydrogen-bond donors (Lipinski definition) is 1. The second-order valence-corrected chi connectivity index (χ2v) is 5.15. The zero-order valence-corrected chi connectivity index (χ0v) is 12.7. The first kappa shape index (κ1) is 15.2. The zero-order valence-electron chi connectivity index (χ0n) is 12.7. The molecule has 0 saturated carbocycles. The average Bonchev–Trinajstić information content (AvgIpc) is 2.51. The summed E-state index contributed by atoms with van der Waals surface area (Å²) in [5.74, 6) is 2.23. The minimum Gasteiger partial charge on any atom is -0.490 e. The maximum Gasteiger partial charge on any atom is 0.122 e. The lowest BCUT2D eigenvalue weighted by molar-refractivity contribution is 0.217. The molecule has 2 aromatic rings. The number of nitrogen functional groups attached to an aromatic ring is 1. The molecule has 0 amide bonds. The van der Waals surface area contributed by atoms with Crippen molar-refractivity contribution >= 4 is 5.69 Å². The molecule has 0 aliphatic heterocycles. The van der Waals surface area contributed by atoms with Crippen LogP contribution < -0.4 is 15.2 Å². The molecule has 0 radical (unpaired) electrons. The van der Waals surface area contributed by atoms with E-state index in [4.69, 9.17) is 15.2 Å². The van der Waals surface area contributed by atoms with Crippen LogP contribution >= 0.6 is 0 Å². The number of rotatable bonds is 7. The van der Waals surface area contributed by atoms with Gasteiger partial charge >= 0.3 is 0 Å². The van der Waals surface area contributed by atoms with Crippen molar-refractivity contribution < 1.29 is 9.47 Å². The van der Waals surface area contributed by atoms with Gasteiger partial charge in [0.05, 0.1) is 0 Å². The molecule has 0 spiro atoms. The quantitative estimate of drug-likeness (QED) is 0.611. The van der Waals surface area contributed by atoms with Gasteiger partial charge in [-0.05, 0) is 42.2 Å². The lowest BCUT2D eigenvalue weighted by Gasteiger charge is -2.11. The first-order valence-corrected chi connectivity index (χ1v) is 7.40. The number of benzene rings is 2. The van der Waals surface area contributed by atoms with Crippen molar-refractivity contribution in [2.75, 3.05) is 18.9 Å². The van der Waals surface area contributed by atoms with E-state index in [2.05, 4.69) is 26.0 Å². The second-order valence-electron chi connectivity index (χ2n) is 5.15. The van der Waals surface area contributed by atoms with Gasteiger partial charge in [0.1, 0.15) is 24.7 Å². The highest BCUT2D eigenvalue weighted by Crippen LogP contribution is 2.21. The van der Waals surface area contributed by atoms with Crippen LogP contribution in [0.5, 0.6) is 11.5 Å². The van der Waals surface area contributed by atoms with E-state index < -0.39 is 0 Å². The van der Waals surface area contributed by atoms with Crippen LogP contribution in [-0.2, 0) is 0 Å². The molecule has 0 aliphatic carbocycles. The van der Waals surface area contributed by atoms with Crippen molar-refractivity contribution in [1.29, 1.82) is 0 Å². The fourth-order valence-corrected chi connectivity index (χ4v) is 2.05. The molecular weight excluding hydrogens is 262 g/mol. The van der Waals surface area contributed by atoms with Gasteiger partial charge in [-0.25, -0.2) is 0 Å². The average molecular weight is 285 g/mol. The third-order valence-electron chi connectivity index (χ3n) is 3.54. The van der Waals surface area contributed by atoms with Crippen LogP contribution in [0.1, 0.15) is 31.7 Å². The van der Waals surface area contributed by atoms with E-state index >= 15 is 0 Å². The minimum absolute atomic E-state index is 0.497. The normalized spacial score (nSPS) is 11.9. The Bertz CT molecular complexity index is 551. The molecule has 0 fully saturated rings. The molecule has 3 nitrogen and oxygen atoms in total. The van der Waals surface area contributed by atoms with E-state index in [0.717, 1.165) is 17.9 Å². The summed E-state index contributed by atoms with van der Waals surface area (Å²) >= 11 is 0. The number of anilines is 1. The Morgan fingerprint density at radius 3 is 2.24 bits per heavy atom. The lowest BCUT2D eigenvalue weighted by Crippen LogP contribution is -2.09. The van der Waals surface area contributed by atoms with Crippen molar-refractivity contribution in [3.05, 3.63) is 54.1 Å². The van der Waals surface area contributed by atoms with E-state index in [0.29, 0.717) is 24.8 Å². The minimum atomic E-state index is 0.497. The molecule has 21 heavy (non-hydrogen) atoms. The Morgan fingerprint density at radius 2 is 1.62 bits per heavy atom. The molecule has 0 aliphatic rings. The summed E-state index contributed by atoms with van der Waals surface area (Å²) in [6, 6.07) is 15.7. The van der Waals surface area contributed by atoms with E-state index in [-0.39, 0.29) is 0 Å². The Morgan fingerprint density at radius 1 is 0.952 bits per heavy atom. The molecule has 3 heteroatoms. The van der Waals surface area contributed by atoms with E-state index in [9.17, 15) is 0 Å². The van der Waals surface area contributed by atoms with Crippen LogP contribution in [-0.4, -0.2) is 13.2 Å². The first-order chi connectivity index (χ1) is 10.2. The van der Waals surface area contributed by atoms with Gasteiger partial charge in [-0.1, -0.05) is 32.0 Å². The molecule has 0 saturated heterocycles. The number of nitrogens with two attached hydrogens (primary N) is 1. The SMILES string of the molecule is CCC(C)c1ccc(OCCOc2cccc(N)c2)cc1. The highest BCUT2D eigenvalue weighted by atomic mass is 16.5. The maximum atomic E-state index is 5.69. The monoisotopic (exact) mass is 285 g/mol. The summed E-state index contributed by atoms with van der Waals surface area (Å²) in [4.78, 5) is 0. The van der Waals surface area contributed by atoms with Crippen molar-refractivity contribution in [1.82, 2.24) is 0 Å². The molecule has 2 aromatic carbocycles. The topological polar surface area (TPSA) is 44.5 Å². The molecule has 0 bridgehead atoms. The Hall–Kier alpha value is -2.16. The van der Waals surface area contributed by atoms with Crippen LogP contribution in [0, 0.1) is 0 Å². The summed E-state index contributed by atoms with van der Waals surface area (Å²) in [6.07, 6.45) is 1.15. The predicted molar refractivity (Wildman–Crippen MR) is 87.0 cm³/mol. The summed E-state index contributed by atoms with van der Waals surface area (Å²) in [5, 5.41) is 0. The van der Waals surface area contributed by atoms with E-state index in [1.54, 1.807) is 6.07 Å². The molecule has 0 heterocycles. The van der Waals surface area contributed by atoms with Gasteiger partial charge in [0.2, 0.25) is 0 Å². The Labute approximate surface area is 126 Å². The lowest BCUT2D eigenvalue weighted by atomic mass is 9.99. The number of hydrogen-bond acceptors (Lipinski definition) is 3. The van der Waals surface area contributed by atoms with Gasteiger partial charge in [-0.15, -0.1) is 0 Å². The summed E-state index contributed by atoms with van der Waals surface area (Å²) in [7, 11) is 0. The summed E-state index contributed by atoms with van der Waals surface area (Å²) in [6.45, 7) is 5.44. The fraction of sp³-hybridized carbons (Fsp3) is 0.333. The van der Waals surface area contributed by atoms with Crippen LogP contribution in [0.3, 0.4) is 0 Å². The zero-order chi connectivity index (χ0) is 15.1.